The van der Waals surface area contributed by atoms with Crippen LogP contribution in [-0.2, 0) is 15.1 Å². The van der Waals surface area contributed by atoms with E-state index in [1.807, 2.05) is 31.2 Å². The molecular formula is C25H24N2O5. The molecule has 7 heteroatoms. The van der Waals surface area contributed by atoms with Crippen LogP contribution in [0.1, 0.15) is 41.4 Å². The Morgan fingerprint density at radius 1 is 1.00 bits per heavy atom. The van der Waals surface area contributed by atoms with Gasteiger partial charge in [-0.15, -0.1) is 0 Å². The minimum atomic E-state index is -1.53. The minimum Gasteiger partial charge on any atom is -0.450 e. The largest absolute Gasteiger partial charge is 0.450 e. The lowest BCUT2D eigenvalue weighted by molar-refractivity contribution is -0.126. The van der Waals surface area contributed by atoms with Gasteiger partial charge in [0.1, 0.15) is 5.58 Å². The van der Waals surface area contributed by atoms with Gasteiger partial charge in [-0.05, 0) is 31.0 Å². The standard InChI is InChI=1S/C25H24N2O5/c1-3-13-26-18-11-6-5-10-17(18)25(24(26)30)20-21(28)16-9-4-7-12-19(16)32-22(20)23(29)27(25)14-8-15-31-2/h4-7,9-12H,3,8,13-15H2,1-2H3. The van der Waals surface area contributed by atoms with Gasteiger partial charge >= 0.3 is 0 Å². The topological polar surface area (TPSA) is 80.1 Å². The lowest BCUT2D eigenvalue weighted by Crippen LogP contribution is -2.53. The fourth-order valence-electron chi connectivity index (χ4n) is 5.05. The number of carbonyl (C=O) groups excluding carboxylic acids is 2. The highest BCUT2D eigenvalue weighted by Gasteiger charge is 2.64. The third-order valence-corrected chi connectivity index (χ3v) is 6.32. The first-order chi connectivity index (χ1) is 15.6. The van der Waals surface area contributed by atoms with Crippen molar-refractivity contribution >= 4 is 28.5 Å². The van der Waals surface area contributed by atoms with E-state index in [4.69, 9.17) is 9.15 Å². The fourth-order valence-corrected chi connectivity index (χ4v) is 5.05. The van der Waals surface area contributed by atoms with Crippen molar-refractivity contribution in [3.8, 4) is 0 Å². The van der Waals surface area contributed by atoms with E-state index in [0.717, 1.165) is 12.1 Å². The molecule has 1 spiro atoms. The normalized spacial score (nSPS) is 19.3. The number of carbonyl (C=O) groups is 2. The smallest absolute Gasteiger partial charge is 0.291 e. The highest BCUT2D eigenvalue weighted by atomic mass is 16.5. The summed E-state index contributed by atoms with van der Waals surface area (Å²) in [4.78, 5) is 44.8. The van der Waals surface area contributed by atoms with E-state index in [1.165, 1.54) is 4.90 Å². The summed E-state index contributed by atoms with van der Waals surface area (Å²) in [7, 11) is 1.59. The number of amides is 2. The van der Waals surface area contributed by atoms with Crippen LogP contribution in [0.15, 0.2) is 57.7 Å². The van der Waals surface area contributed by atoms with Crippen LogP contribution >= 0.6 is 0 Å². The first-order valence-corrected chi connectivity index (χ1v) is 10.9. The van der Waals surface area contributed by atoms with E-state index in [1.54, 1.807) is 36.3 Å². The molecule has 0 bridgehead atoms. The van der Waals surface area contributed by atoms with Gasteiger partial charge in [0.15, 0.2) is 11.0 Å². The van der Waals surface area contributed by atoms with Crippen LogP contribution in [-0.4, -0.2) is 43.5 Å². The van der Waals surface area contributed by atoms with Crippen molar-refractivity contribution in [1.29, 1.82) is 0 Å². The average Bonchev–Trinajstić information content (AvgIpc) is 3.20. The third-order valence-electron chi connectivity index (χ3n) is 6.32. The first-order valence-electron chi connectivity index (χ1n) is 10.9. The van der Waals surface area contributed by atoms with Gasteiger partial charge < -0.3 is 19.0 Å². The summed E-state index contributed by atoms with van der Waals surface area (Å²) in [6.45, 7) is 3.17. The van der Waals surface area contributed by atoms with Gasteiger partial charge in [-0.1, -0.05) is 37.3 Å². The summed E-state index contributed by atoms with van der Waals surface area (Å²) in [6, 6.07) is 14.2. The second-order valence-corrected chi connectivity index (χ2v) is 8.12. The monoisotopic (exact) mass is 432 g/mol. The summed E-state index contributed by atoms with van der Waals surface area (Å²) in [5.74, 6) is -0.777. The number of rotatable bonds is 6. The maximum Gasteiger partial charge on any atom is 0.291 e. The van der Waals surface area contributed by atoms with E-state index in [2.05, 4.69) is 0 Å². The molecule has 0 N–H and O–H groups in total. The molecule has 3 aromatic rings. The maximum atomic E-state index is 14.1. The number of anilines is 1. The molecule has 0 radical (unpaired) electrons. The Bertz CT molecular complexity index is 1300. The van der Waals surface area contributed by atoms with E-state index in [-0.39, 0.29) is 29.2 Å². The highest BCUT2D eigenvalue weighted by molar-refractivity contribution is 6.17. The lowest BCUT2D eigenvalue weighted by atomic mass is 9.84. The second kappa shape index (κ2) is 7.60. The summed E-state index contributed by atoms with van der Waals surface area (Å²) in [5.41, 5.74) is -0.0469. The predicted octanol–water partition coefficient (Wildman–Crippen LogP) is 3.29. The van der Waals surface area contributed by atoms with Crippen LogP contribution in [0.5, 0.6) is 0 Å². The van der Waals surface area contributed by atoms with Gasteiger partial charge in [0, 0.05) is 32.4 Å². The molecule has 0 aliphatic carbocycles. The molecule has 2 amide bonds. The number of benzene rings is 2. The van der Waals surface area contributed by atoms with Gasteiger partial charge in [0.2, 0.25) is 5.76 Å². The average molecular weight is 432 g/mol. The minimum absolute atomic E-state index is 0.0485. The van der Waals surface area contributed by atoms with Crippen LogP contribution in [0.25, 0.3) is 11.0 Å². The van der Waals surface area contributed by atoms with E-state index in [0.29, 0.717) is 36.1 Å². The molecule has 1 unspecified atom stereocenters. The Morgan fingerprint density at radius 3 is 2.53 bits per heavy atom. The molecule has 32 heavy (non-hydrogen) atoms. The molecular weight excluding hydrogens is 408 g/mol. The molecule has 1 atom stereocenters. The molecule has 1 aromatic heterocycles. The molecule has 3 heterocycles. The molecule has 2 aliphatic heterocycles. The van der Waals surface area contributed by atoms with Crippen molar-refractivity contribution in [3.05, 3.63) is 75.6 Å². The number of fused-ring (bicyclic) bond motifs is 5. The van der Waals surface area contributed by atoms with Crippen molar-refractivity contribution in [1.82, 2.24) is 4.90 Å². The maximum absolute atomic E-state index is 14.1. The Hall–Kier alpha value is -3.45. The number of para-hydroxylation sites is 2. The molecule has 0 saturated heterocycles. The zero-order valence-electron chi connectivity index (χ0n) is 18.1. The molecule has 2 aromatic carbocycles. The number of methoxy groups -OCH3 is 1. The van der Waals surface area contributed by atoms with Crippen molar-refractivity contribution < 1.29 is 18.7 Å². The van der Waals surface area contributed by atoms with Gasteiger partial charge in [-0.3, -0.25) is 14.4 Å². The zero-order valence-corrected chi connectivity index (χ0v) is 18.1. The van der Waals surface area contributed by atoms with Crippen molar-refractivity contribution in [2.45, 2.75) is 25.3 Å². The van der Waals surface area contributed by atoms with Crippen molar-refractivity contribution in [2.24, 2.45) is 0 Å². The third kappa shape index (κ3) is 2.54. The second-order valence-electron chi connectivity index (χ2n) is 8.12. The van der Waals surface area contributed by atoms with Gasteiger partial charge in [0.25, 0.3) is 11.8 Å². The summed E-state index contributed by atoms with van der Waals surface area (Å²) < 4.78 is 11.2. The van der Waals surface area contributed by atoms with Crippen LogP contribution < -0.4 is 10.3 Å². The zero-order chi connectivity index (χ0) is 22.5. The number of hydrogen-bond acceptors (Lipinski definition) is 5. The Kier molecular flexibility index (Phi) is 4.86. The SMILES string of the molecule is CCCN1C(=O)C2(c3ccccc31)c1c(oc3ccccc3c1=O)C(=O)N2CCCOC. The predicted molar refractivity (Wildman–Crippen MR) is 120 cm³/mol. The van der Waals surface area contributed by atoms with Gasteiger partial charge in [-0.2, -0.15) is 0 Å². The number of nitrogens with zero attached hydrogens (tertiary/aromatic N) is 2. The van der Waals surface area contributed by atoms with Crippen molar-refractivity contribution in [3.63, 3.8) is 0 Å². The van der Waals surface area contributed by atoms with Crippen molar-refractivity contribution in [2.75, 3.05) is 31.7 Å². The highest BCUT2D eigenvalue weighted by Crippen LogP contribution is 2.52. The Labute approximate surface area is 185 Å². The summed E-state index contributed by atoms with van der Waals surface area (Å²) >= 11 is 0. The van der Waals surface area contributed by atoms with Crippen LogP contribution in [0.3, 0.4) is 0 Å². The fraction of sp³-hybridized carbons (Fsp3) is 0.320. The van der Waals surface area contributed by atoms with Crippen LogP contribution in [0.2, 0.25) is 0 Å². The number of hydrogen-bond donors (Lipinski definition) is 0. The molecule has 164 valence electrons. The first kappa shape index (κ1) is 20.5. The lowest BCUT2D eigenvalue weighted by Gasteiger charge is -2.34. The molecule has 5 rings (SSSR count). The summed E-state index contributed by atoms with van der Waals surface area (Å²) in [6.07, 6.45) is 1.27. The molecule has 0 fully saturated rings. The Morgan fingerprint density at radius 2 is 1.75 bits per heavy atom. The van der Waals surface area contributed by atoms with E-state index < -0.39 is 11.4 Å². The van der Waals surface area contributed by atoms with Gasteiger partial charge in [-0.25, -0.2) is 0 Å². The van der Waals surface area contributed by atoms with Gasteiger partial charge in [0.05, 0.1) is 16.6 Å². The number of ether oxygens (including phenoxy) is 1. The summed E-state index contributed by atoms with van der Waals surface area (Å²) in [5, 5.41) is 0.358. The molecule has 2 aliphatic rings. The van der Waals surface area contributed by atoms with Crippen LogP contribution in [0, 0.1) is 0 Å². The Balaban J connectivity index is 1.85. The quantitative estimate of drug-likeness (QED) is 0.559. The van der Waals surface area contributed by atoms with Crippen LogP contribution in [0.4, 0.5) is 5.69 Å². The molecule has 0 saturated carbocycles. The molecule has 7 nitrogen and oxygen atoms in total. The van der Waals surface area contributed by atoms with E-state index >= 15 is 0 Å². The van der Waals surface area contributed by atoms with E-state index in [9.17, 15) is 14.4 Å².